The topological polar surface area (TPSA) is 231 Å². The second-order valence-electron chi connectivity index (χ2n) is 6.17. The molecular weight excluding hydrogens is 552 g/mol. The van der Waals surface area contributed by atoms with Gasteiger partial charge in [-0.3, -0.25) is 14.5 Å². The Morgan fingerprint density at radius 2 is 2.18 bits per heavy atom. The summed E-state index contributed by atoms with van der Waals surface area (Å²) in [4.78, 5) is 42.8. The van der Waals surface area contributed by atoms with Crippen LogP contribution in [0.1, 0.15) is 5.69 Å². The van der Waals surface area contributed by atoms with Crippen LogP contribution < -0.4 is 11.1 Å². The first-order valence-electron chi connectivity index (χ1n) is 8.67. The Hall–Kier alpha value is -2.51. The van der Waals surface area contributed by atoms with Gasteiger partial charge in [-0.05, 0) is 0 Å². The number of anilines is 1. The van der Waals surface area contributed by atoms with E-state index in [4.69, 9.17) is 5.73 Å². The normalized spacial score (nSPS) is 19.5. The van der Waals surface area contributed by atoms with Gasteiger partial charge in [-0.2, -0.15) is 10.3 Å². The lowest BCUT2D eigenvalue weighted by Crippen LogP contribution is -2.71. The molecule has 8 N–H and O–H groups in total. The Morgan fingerprint density at radius 3 is 2.76 bits per heavy atom. The fourth-order valence-electron chi connectivity index (χ4n) is 2.94. The average Bonchev–Trinajstić information content (AvgIpc) is 3.44. The van der Waals surface area contributed by atoms with Gasteiger partial charge < -0.3 is 26.8 Å². The van der Waals surface area contributed by atoms with Crippen LogP contribution in [-0.4, -0.2) is 86.8 Å². The quantitative estimate of drug-likeness (QED) is 0.0695. The van der Waals surface area contributed by atoms with E-state index in [0.717, 1.165) is 11.3 Å². The molecule has 2 aromatic heterocycles. The Morgan fingerprint density at radius 1 is 1.41 bits per heavy atom. The first-order valence-corrected chi connectivity index (χ1v) is 12.6. The summed E-state index contributed by atoms with van der Waals surface area (Å²) >= 11 is 5.08. The number of nitrogens with zero attached hydrogens (tertiary/aromatic N) is 5. The molecule has 0 bridgehead atoms. The second kappa shape index (κ2) is 11.8. The number of thioether (sulfide) groups is 3. The number of hydrogen-bond acceptors (Lipinski definition) is 13. The number of aromatic amines is 1. The third-order valence-electron chi connectivity index (χ3n) is 4.34. The number of hydrogen-bond donors (Lipinski definition) is 5. The van der Waals surface area contributed by atoms with E-state index in [-0.39, 0.29) is 40.1 Å². The van der Waals surface area contributed by atoms with Crippen molar-refractivity contribution in [1.29, 1.82) is 0 Å². The maximum Gasteiger partial charge on any atom is 0.353 e. The predicted octanol–water partition coefficient (Wildman–Crippen LogP) is -0.202. The molecule has 4 rings (SSSR count). The zero-order chi connectivity index (χ0) is 22.8. The summed E-state index contributed by atoms with van der Waals surface area (Å²) < 4.78 is 0. The molecule has 0 unspecified atom stereocenters. The largest absolute Gasteiger partial charge is 0.477 e. The average molecular weight is 569 g/mol. The number of aliphatic carboxylic acids is 1. The zero-order valence-corrected chi connectivity index (χ0v) is 20.8. The Bertz CT molecular complexity index is 1130. The molecule has 19 heteroatoms. The van der Waals surface area contributed by atoms with Gasteiger partial charge in [-0.15, -0.1) is 52.4 Å². The van der Waals surface area contributed by atoms with E-state index >= 15 is 0 Å². The molecule has 4 heterocycles. The number of oxime groups is 1. The van der Waals surface area contributed by atoms with Gasteiger partial charge in [0.15, 0.2) is 10.8 Å². The highest BCUT2D eigenvalue weighted by Gasteiger charge is 2.54. The van der Waals surface area contributed by atoms with Crippen molar-refractivity contribution >= 4 is 87.7 Å². The van der Waals surface area contributed by atoms with Crippen LogP contribution in [0.15, 0.2) is 32.4 Å². The van der Waals surface area contributed by atoms with E-state index in [9.17, 15) is 24.7 Å². The SMILES string of the molecule is Cl.Nc1nc(/C(=N\O)C(=O)N[C@@H]2C(=O)N3C(C(=O)O)=C(SCSc4cn[nH]n4)CS[C@H]23)cs1.O. The van der Waals surface area contributed by atoms with Gasteiger partial charge in [0.2, 0.25) is 0 Å². The monoisotopic (exact) mass is 568 g/mol. The minimum absolute atomic E-state index is 0. The molecule has 184 valence electrons. The van der Waals surface area contributed by atoms with E-state index < -0.39 is 29.2 Å². The standard InChI is InChI=1S/C15H14N8O5S4.ClH.H2O/c16-15-18-5(2-30-15)8(21-28)11(24)19-9-12(25)23-10(14(26)27)6(3-29-13(9)23)31-4-32-7-1-17-22-20-7;;/h1-2,9,13,28H,3-4H2,(H2,16,18)(H,19,24)(H,26,27)(H,17,20,22);1H;1H2/b21-8+;;/t9-,13-;;/m1../s1. The first-order chi connectivity index (χ1) is 15.4. The number of thiazole rings is 1. The summed E-state index contributed by atoms with van der Waals surface area (Å²) in [5.74, 6) is -2.25. The van der Waals surface area contributed by atoms with Crippen molar-refractivity contribution in [1.82, 2.24) is 30.6 Å². The van der Waals surface area contributed by atoms with Gasteiger partial charge in [0.25, 0.3) is 11.8 Å². The van der Waals surface area contributed by atoms with Crippen LogP contribution in [0.2, 0.25) is 0 Å². The molecule has 0 aliphatic carbocycles. The van der Waals surface area contributed by atoms with Crippen molar-refractivity contribution in [2.75, 3.05) is 16.6 Å². The molecule has 0 radical (unpaired) electrons. The molecule has 0 spiro atoms. The van der Waals surface area contributed by atoms with Crippen LogP contribution >= 0.6 is 59.0 Å². The number of halogens is 1. The smallest absolute Gasteiger partial charge is 0.353 e. The van der Waals surface area contributed by atoms with Crippen molar-refractivity contribution < 1.29 is 30.2 Å². The van der Waals surface area contributed by atoms with Crippen molar-refractivity contribution in [2.45, 2.75) is 16.4 Å². The van der Waals surface area contributed by atoms with Crippen LogP contribution in [-0.2, 0) is 14.4 Å². The minimum Gasteiger partial charge on any atom is -0.477 e. The number of nitrogen functional groups attached to an aromatic ring is 1. The maximum atomic E-state index is 12.7. The number of β-lactam (4-membered cyclic amide) rings is 1. The molecule has 2 aromatic rings. The van der Waals surface area contributed by atoms with Crippen molar-refractivity contribution in [3.63, 3.8) is 0 Å². The molecule has 0 saturated carbocycles. The van der Waals surface area contributed by atoms with E-state index in [1.165, 1.54) is 45.6 Å². The molecular formula is C15H17ClN8O6S4. The van der Waals surface area contributed by atoms with Gasteiger partial charge in [-0.25, -0.2) is 9.78 Å². The molecule has 1 fully saturated rings. The number of amides is 2. The van der Waals surface area contributed by atoms with Gasteiger partial charge >= 0.3 is 5.97 Å². The third-order valence-corrected chi connectivity index (χ3v) is 8.59. The van der Waals surface area contributed by atoms with Crippen LogP contribution in [0.25, 0.3) is 0 Å². The molecule has 0 aromatic carbocycles. The lowest BCUT2D eigenvalue weighted by Gasteiger charge is -2.49. The number of carboxylic acids is 1. The van der Waals surface area contributed by atoms with Crippen LogP contribution in [0, 0.1) is 0 Å². The Kier molecular flexibility index (Phi) is 9.59. The number of nitrogens with two attached hydrogens (primary N) is 1. The molecule has 2 atom stereocenters. The van der Waals surface area contributed by atoms with Crippen molar-refractivity contribution in [3.8, 4) is 0 Å². The number of carboxylic acid groups (broad SMARTS) is 1. The van der Waals surface area contributed by atoms with Crippen LogP contribution in [0.4, 0.5) is 5.13 Å². The fourth-order valence-corrected chi connectivity index (χ4v) is 7.06. The van der Waals surface area contributed by atoms with Gasteiger partial charge in [0.05, 0.1) is 11.3 Å². The van der Waals surface area contributed by atoms with E-state index in [1.807, 2.05) is 0 Å². The lowest BCUT2D eigenvalue weighted by molar-refractivity contribution is -0.150. The summed E-state index contributed by atoms with van der Waals surface area (Å²) in [6.45, 7) is 0. The number of nitrogens with one attached hydrogen (secondary N) is 2. The lowest BCUT2D eigenvalue weighted by atomic mass is 10.0. The second-order valence-corrected chi connectivity index (χ2v) is 10.6. The number of aromatic nitrogens is 4. The van der Waals surface area contributed by atoms with Gasteiger partial charge in [0, 0.05) is 16.0 Å². The van der Waals surface area contributed by atoms with Gasteiger partial charge in [-0.1, -0.05) is 16.9 Å². The van der Waals surface area contributed by atoms with Crippen molar-refractivity contribution in [3.05, 3.63) is 27.9 Å². The summed E-state index contributed by atoms with van der Waals surface area (Å²) in [7, 11) is 0. The van der Waals surface area contributed by atoms with Gasteiger partial charge in [0.1, 0.15) is 27.8 Å². The van der Waals surface area contributed by atoms with Crippen LogP contribution in [0.3, 0.4) is 0 Å². The zero-order valence-electron chi connectivity index (χ0n) is 16.7. The van der Waals surface area contributed by atoms with Crippen LogP contribution in [0.5, 0.6) is 0 Å². The Balaban J connectivity index is 0.00000204. The highest BCUT2D eigenvalue weighted by molar-refractivity contribution is 8.18. The fraction of sp³-hybridized carbons (Fsp3) is 0.267. The first kappa shape index (κ1) is 27.7. The molecule has 14 nitrogen and oxygen atoms in total. The third kappa shape index (κ3) is 5.41. The van der Waals surface area contributed by atoms with Crippen molar-refractivity contribution in [2.24, 2.45) is 5.16 Å². The molecule has 2 amide bonds. The maximum absolute atomic E-state index is 12.7. The van der Waals surface area contributed by atoms with E-state index in [1.54, 1.807) is 6.20 Å². The van der Waals surface area contributed by atoms with E-state index in [2.05, 4.69) is 30.9 Å². The van der Waals surface area contributed by atoms with E-state index in [0.29, 0.717) is 20.8 Å². The number of fused-ring (bicyclic) bond motifs is 1. The highest BCUT2D eigenvalue weighted by Crippen LogP contribution is 2.44. The molecule has 1 saturated heterocycles. The summed E-state index contributed by atoms with van der Waals surface area (Å²) in [5, 5.41) is 36.7. The number of carbonyl (C=O) groups excluding carboxylic acids is 2. The molecule has 2 aliphatic rings. The molecule has 2 aliphatic heterocycles. The highest BCUT2D eigenvalue weighted by atomic mass is 35.5. The summed E-state index contributed by atoms with van der Waals surface area (Å²) in [5.41, 5.74) is 5.12. The Labute approximate surface area is 213 Å². The molecule has 34 heavy (non-hydrogen) atoms. The minimum atomic E-state index is -1.22. The number of H-pyrrole nitrogens is 1. The predicted molar refractivity (Wildman–Crippen MR) is 130 cm³/mol. The summed E-state index contributed by atoms with van der Waals surface area (Å²) in [6.07, 6.45) is 1.56. The number of rotatable bonds is 8. The number of carbonyl (C=O) groups is 3. The summed E-state index contributed by atoms with van der Waals surface area (Å²) in [6, 6.07) is -0.967.